The van der Waals surface area contributed by atoms with E-state index in [1.165, 1.54) is 22.9 Å². The van der Waals surface area contributed by atoms with Crippen molar-refractivity contribution in [2.24, 2.45) is 0 Å². The summed E-state index contributed by atoms with van der Waals surface area (Å²) in [6, 6.07) is 5.90. The summed E-state index contributed by atoms with van der Waals surface area (Å²) in [4.78, 5) is 28.5. The number of halogens is 1. The summed E-state index contributed by atoms with van der Waals surface area (Å²) in [5.41, 5.74) is 0.717. The van der Waals surface area contributed by atoms with Crippen molar-refractivity contribution in [1.29, 1.82) is 0 Å². The average molecular weight is 347 g/mol. The molecular weight excluding hydrogens is 329 g/mol. The number of imidazole rings is 1. The lowest BCUT2D eigenvalue weighted by Crippen LogP contribution is -2.49. The highest BCUT2D eigenvalue weighted by molar-refractivity contribution is 5.77. The molecule has 1 saturated heterocycles. The molecule has 1 aliphatic rings. The summed E-state index contributed by atoms with van der Waals surface area (Å²) in [7, 11) is 0. The van der Waals surface area contributed by atoms with Gasteiger partial charge in [0, 0.05) is 26.6 Å². The van der Waals surface area contributed by atoms with Gasteiger partial charge in [-0.25, -0.2) is 4.39 Å². The SMILES string of the molecule is Cc1nc([N+](=O)[O-])cn1CC(=O)N1CCNCC1c1cccc(F)c1. The first kappa shape index (κ1) is 17.0. The van der Waals surface area contributed by atoms with Crippen molar-refractivity contribution >= 4 is 11.7 Å². The Hall–Kier alpha value is -2.81. The summed E-state index contributed by atoms with van der Waals surface area (Å²) in [5, 5.41) is 14.0. The first-order valence-corrected chi connectivity index (χ1v) is 7.89. The maximum Gasteiger partial charge on any atom is 0.381 e. The topological polar surface area (TPSA) is 93.3 Å². The Balaban J connectivity index is 1.80. The maximum atomic E-state index is 13.5. The van der Waals surface area contributed by atoms with E-state index in [9.17, 15) is 19.3 Å². The molecule has 1 amide bonds. The molecule has 25 heavy (non-hydrogen) atoms. The maximum absolute atomic E-state index is 13.5. The number of hydrogen-bond donors (Lipinski definition) is 1. The lowest BCUT2D eigenvalue weighted by Gasteiger charge is -2.36. The van der Waals surface area contributed by atoms with Crippen LogP contribution >= 0.6 is 0 Å². The van der Waals surface area contributed by atoms with Gasteiger partial charge in [0.1, 0.15) is 18.6 Å². The molecule has 1 atom stereocenters. The number of amides is 1. The van der Waals surface area contributed by atoms with Crippen LogP contribution in [0.4, 0.5) is 10.2 Å². The van der Waals surface area contributed by atoms with Gasteiger partial charge in [-0.05, 0) is 27.6 Å². The molecule has 0 aliphatic carbocycles. The molecule has 1 fully saturated rings. The van der Waals surface area contributed by atoms with E-state index in [0.717, 1.165) is 0 Å². The monoisotopic (exact) mass is 347 g/mol. The molecule has 2 heterocycles. The molecule has 1 N–H and O–H groups in total. The molecular formula is C16H18FN5O3. The number of carbonyl (C=O) groups is 1. The molecule has 0 radical (unpaired) electrons. The van der Waals surface area contributed by atoms with Crippen LogP contribution in [-0.4, -0.2) is 44.9 Å². The van der Waals surface area contributed by atoms with Crippen molar-refractivity contribution < 1.29 is 14.1 Å². The van der Waals surface area contributed by atoms with Gasteiger partial charge in [0.15, 0.2) is 0 Å². The number of carbonyl (C=O) groups excluding carboxylic acids is 1. The van der Waals surface area contributed by atoms with Crippen LogP contribution in [0.1, 0.15) is 17.4 Å². The number of aryl methyl sites for hydroxylation is 1. The van der Waals surface area contributed by atoms with E-state index in [2.05, 4.69) is 10.3 Å². The third-order valence-electron chi connectivity index (χ3n) is 4.25. The molecule has 1 aromatic heterocycles. The van der Waals surface area contributed by atoms with E-state index in [4.69, 9.17) is 0 Å². The Bertz CT molecular complexity index is 807. The molecule has 2 aromatic rings. The fraction of sp³-hybridized carbons (Fsp3) is 0.375. The van der Waals surface area contributed by atoms with Crippen LogP contribution in [0.3, 0.4) is 0 Å². The van der Waals surface area contributed by atoms with Crippen LogP contribution in [0.25, 0.3) is 0 Å². The first-order chi connectivity index (χ1) is 12.0. The van der Waals surface area contributed by atoms with Gasteiger partial charge in [0.05, 0.1) is 6.04 Å². The zero-order chi connectivity index (χ0) is 18.0. The highest BCUT2D eigenvalue weighted by Gasteiger charge is 2.29. The average Bonchev–Trinajstić information content (AvgIpc) is 2.96. The van der Waals surface area contributed by atoms with E-state index < -0.39 is 4.92 Å². The third-order valence-corrected chi connectivity index (χ3v) is 4.25. The van der Waals surface area contributed by atoms with Gasteiger partial charge in [-0.15, -0.1) is 0 Å². The summed E-state index contributed by atoms with van der Waals surface area (Å²) in [5.74, 6) is -0.424. The first-order valence-electron chi connectivity index (χ1n) is 7.89. The zero-order valence-electron chi connectivity index (χ0n) is 13.7. The van der Waals surface area contributed by atoms with Gasteiger partial charge in [-0.3, -0.25) is 9.36 Å². The number of piperazine rings is 1. The van der Waals surface area contributed by atoms with Crippen LogP contribution in [0.15, 0.2) is 30.5 Å². The van der Waals surface area contributed by atoms with Crippen molar-refractivity contribution in [3.8, 4) is 0 Å². The second-order valence-corrected chi connectivity index (χ2v) is 5.89. The van der Waals surface area contributed by atoms with Crippen molar-refractivity contribution in [2.45, 2.75) is 19.5 Å². The fourth-order valence-corrected chi connectivity index (χ4v) is 2.99. The minimum atomic E-state index is -0.589. The van der Waals surface area contributed by atoms with E-state index in [1.807, 2.05) is 0 Å². The second kappa shape index (κ2) is 6.98. The molecule has 8 nitrogen and oxygen atoms in total. The number of nitro groups is 1. The van der Waals surface area contributed by atoms with Crippen molar-refractivity contribution in [3.63, 3.8) is 0 Å². The molecule has 1 aliphatic heterocycles. The Morgan fingerprint density at radius 3 is 3.00 bits per heavy atom. The Labute approximate surface area is 143 Å². The van der Waals surface area contributed by atoms with E-state index in [0.29, 0.717) is 31.0 Å². The lowest BCUT2D eigenvalue weighted by atomic mass is 10.0. The van der Waals surface area contributed by atoms with Gasteiger partial charge in [0.2, 0.25) is 11.7 Å². The van der Waals surface area contributed by atoms with E-state index in [1.54, 1.807) is 24.0 Å². The van der Waals surface area contributed by atoms with Crippen molar-refractivity contribution in [3.05, 3.63) is 57.8 Å². The lowest BCUT2D eigenvalue weighted by molar-refractivity contribution is -0.389. The number of benzene rings is 1. The molecule has 132 valence electrons. The zero-order valence-corrected chi connectivity index (χ0v) is 13.7. The Kier molecular flexibility index (Phi) is 4.75. The smallest absolute Gasteiger partial charge is 0.358 e. The number of aromatic nitrogens is 2. The summed E-state index contributed by atoms with van der Waals surface area (Å²) in [6.45, 7) is 3.22. The van der Waals surface area contributed by atoms with Crippen LogP contribution in [-0.2, 0) is 11.3 Å². The number of nitrogens with one attached hydrogen (secondary N) is 1. The Morgan fingerprint density at radius 2 is 2.32 bits per heavy atom. The summed E-state index contributed by atoms with van der Waals surface area (Å²) < 4.78 is 15.0. The summed E-state index contributed by atoms with van der Waals surface area (Å²) in [6.07, 6.45) is 1.26. The molecule has 1 aromatic carbocycles. The second-order valence-electron chi connectivity index (χ2n) is 5.89. The highest BCUT2D eigenvalue weighted by Crippen LogP contribution is 2.23. The Morgan fingerprint density at radius 1 is 1.52 bits per heavy atom. The van der Waals surface area contributed by atoms with Crippen LogP contribution in [0.5, 0.6) is 0 Å². The summed E-state index contributed by atoms with van der Waals surface area (Å²) >= 11 is 0. The van der Waals surface area contributed by atoms with Gasteiger partial charge < -0.3 is 20.3 Å². The predicted molar refractivity (Wildman–Crippen MR) is 87.3 cm³/mol. The molecule has 9 heteroatoms. The molecule has 1 unspecified atom stereocenters. The van der Waals surface area contributed by atoms with Crippen LogP contribution < -0.4 is 5.32 Å². The highest BCUT2D eigenvalue weighted by atomic mass is 19.1. The molecule has 0 saturated carbocycles. The van der Waals surface area contributed by atoms with E-state index >= 15 is 0 Å². The van der Waals surface area contributed by atoms with E-state index in [-0.39, 0.29) is 30.1 Å². The fourth-order valence-electron chi connectivity index (χ4n) is 2.99. The van der Waals surface area contributed by atoms with Crippen LogP contribution in [0.2, 0.25) is 0 Å². The minimum absolute atomic E-state index is 0.0432. The number of hydrogen-bond acceptors (Lipinski definition) is 5. The van der Waals surface area contributed by atoms with Gasteiger partial charge in [-0.1, -0.05) is 12.1 Å². The predicted octanol–water partition coefficient (Wildman–Crippen LogP) is 1.41. The number of rotatable bonds is 4. The van der Waals surface area contributed by atoms with Crippen molar-refractivity contribution in [1.82, 2.24) is 19.8 Å². The van der Waals surface area contributed by atoms with Crippen LogP contribution in [0, 0.1) is 22.9 Å². The third kappa shape index (κ3) is 3.66. The standard InChI is InChI=1S/C16H18FN5O3/c1-11-19-15(22(24)25)9-20(11)10-16(23)21-6-5-18-8-14(21)12-3-2-4-13(17)7-12/h2-4,7,9,14,18H,5-6,8,10H2,1H3. The van der Waals surface area contributed by atoms with Gasteiger partial charge in [-0.2, -0.15) is 0 Å². The van der Waals surface area contributed by atoms with Crippen molar-refractivity contribution in [2.75, 3.05) is 19.6 Å². The number of nitrogens with zero attached hydrogens (tertiary/aromatic N) is 4. The largest absolute Gasteiger partial charge is 0.381 e. The molecule has 0 bridgehead atoms. The minimum Gasteiger partial charge on any atom is -0.358 e. The molecule has 0 spiro atoms. The van der Waals surface area contributed by atoms with Gasteiger partial charge in [0.25, 0.3) is 0 Å². The molecule has 3 rings (SSSR count). The normalized spacial score (nSPS) is 17.5. The van der Waals surface area contributed by atoms with Gasteiger partial charge >= 0.3 is 5.82 Å². The quantitative estimate of drug-likeness (QED) is 0.667.